The topological polar surface area (TPSA) is 111 Å². The number of halogens is 1. The SMILES string of the molecule is Cc1ccc(C(=O)Nc2ccc(CN3CCC(N(C)C)C3)c(F)c2)cc1C#Cc1cnc(Nc2cnn(CCO)c2)nc1. The van der Waals surface area contributed by atoms with Crippen LogP contribution in [0.2, 0.25) is 0 Å². The van der Waals surface area contributed by atoms with Gasteiger partial charge in [-0.15, -0.1) is 0 Å². The van der Waals surface area contributed by atoms with Gasteiger partial charge in [0.15, 0.2) is 0 Å². The molecule has 43 heavy (non-hydrogen) atoms. The lowest BCUT2D eigenvalue weighted by Gasteiger charge is -2.20. The van der Waals surface area contributed by atoms with Crippen LogP contribution in [0.25, 0.3) is 0 Å². The Morgan fingerprint density at radius 2 is 1.93 bits per heavy atom. The summed E-state index contributed by atoms with van der Waals surface area (Å²) in [5.74, 6) is 5.86. The summed E-state index contributed by atoms with van der Waals surface area (Å²) in [7, 11) is 4.15. The van der Waals surface area contributed by atoms with Crippen molar-refractivity contribution in [2.45, 2.75) is 32.5 Å². The van der Waals surface area contributed by atoms with Crippen molar-refractivity contribution in [2.75, 3.05) is 44.4 Å². The summed E-state index contributed by atoms with van der Waals surface area (Å²) in [5.41, 5.74) is 4.36. The van der Waals surface area contributed by atoms with Crippen LogP contribution in [0, 0.1) is 24.6 Å². The molecule has 5 rings (SSSR count). The number of likely N-dealkylation sites (N-methyl/N-ethyl adjacent to an activating group) is 1. The van der Waals surface area contributed by atoms with Gasteiger partial charge in [-0.05, 0) is 57.3 Å². The highest BCUT2D eigenvalue weighted by Gasteiger charge is 2.24. The van der Waals surface area contributed by atoms with Gasteiger partial charge in [0, 0.05) is 66.6 Å². The van der Waals surface area contributed by atoms with Crippen LogP contribution in [0.4, 0.5) is 21.7 Å². The molecule has 1 aliphatic rings. The largest absolute Gasteiger partial charge is 0.394 e. The highest BCUT2D eigenvalue weighted by molar-refractivity contribution is 6.04. The van der Waals surface area contributed by atoms with Crippen molar-refractivity contribution in [3.63, 3.8) is 0 Å². The first-order valence-electron chi connectivity index (χ1n) is 14.1. The highest BCUT2D eigenvalue weighted by atomic mass is 19.1. The summed E-state index contributed by atoms with van der Waals surface area (Å²) in [6.45, 7) is 4.73. The summed E-state index contributed by atoms with van der Waals surface area (Å²) in [4.78, 5) is 26.1. The minimum atomic E-state index is -0.343. The molecule has 11 heteroatoms. The Bertz CT molecular complexity index is 1640. The molecular weight excluding hydrogens is 547 g/mol. The fourth-order valence-electron chi connectivity index (χ4n) is 4.85. The average molecular weight is 583 g/mol. The molecule has 2 aromatic carbocycles. The smallest absolute Gasteiger partial charge is 0.255 e. The standard InChI is InChI=1S/C32H35FN8O2/c1-22-4-6-25(31(43)37-27-9-8-26(30(33)15-27)19-40-11-10-29(21-40)39(2)3)14-24(22)7-5-23-16-34-32(35-17-23)38-28-18-36-41(20-28)12-13-42/h4,6,8-9,14-18,20,29,42H,10-13,19,21H2,1-3H3,(H,37,43)(H,34,35,38). The molecule has 0 spiro atoms. The van der Waals surface area contributed by atoms with E-state index >= 15 is 0 Å². The second-order valence-corrected chi connectivity index (χ2v) is 10.8. The van der Waals surface area contributed by atoms with Crippen molar-refractivity contribution in [1.29, 1.82) is 0 Å². The van der Waals surface area contributed by atoms with Crippen LogP contribution in [0.15, 0.2) is 61.2 Å². The molecule has 3 N–H and O–H groups in total. The van der Waals surface area contributed by atoms with Crippen LogP contribution in [-0.2, 0) is 13.1 Å². The zero-order valence-electron chi connectivity index (χ0n) is 24.5. The number of carbonyl (C=O) groups is 1. The van der Waals surface area contributed by atoms with Crippen LogP contribution < -0.4 is 10.6 Å². The molecule has 0 bridgehead atoms. The predicted octanol–water partition coefficient (Wildman–Crippen LogP) is 3.64. The zero-order chi connectivity index (χ0) is 30.3. The monoisotopic (exact) mass is 582 g/mol. The molecule has 0 aliphatic carbocycles. The average Bonchev–Trinajstić information content (AvgIpc) is 3.65. The number of nitrogens with zero attached hydrogens (tertiary/aromatic N) is 6. The van der Waals surface area contributed by atoms with Crippen LogP contribution in [-0.4, -0.2) is 80.4 Å². The Morgan fingerprint density at radius 1 is 1.12 bits per heavy atom. The Kier molecular flexibility index (Phi) is 9.41. The van der Waals surface area contributed by atoms with Crippen LogP contribution in [0.1, 0.15) is 39.0 Å². The molecular formula is C32H35FN8O2. The number of aliphatic hydroxyl groups excluding tert-OH is 1. The summed E-state index contributed by atoms with van der Waals surface area (Å²) in [5, 5.41) is 19.0. The summed E-state index contributed by atoms with van der Waals surface area (Å²) < 4.78 is 16.5. The maximum Gasteiger partial charge on any atom is 0.255 e. The quantitative estimate of drug-likeness (QED) is 0.257. The molecule has 1 amide bonds. The zero-order valence-corrected chi connectivity index (χ0v) is 24.5. The number of amides is 1. The Hall–Kier alpha value is -4.63. The maximum absolute atomic E-state index is 14.9. The second-order valence-electron chi connectivity index (χ2n) is 10.8. The van der Waals surface area contributed by atoms with Crippen molar-refractivity contribution in [3.8, 4) is 11.8 Å². The number of likely N-dealkylation sites (tertiary alicyclic amines) is 1. The van der Waals surface area contributed by atoms with E-state index in [0.29, 0.717) is 58.7 Å². The number of aryl methyl sites for hydroxylation is 1. The van der Waals surface area contributed by atoms with Gasteiger partial charge in [-0.2, -0.15) is 5.10 Å². The van der Waals surface area contributed by atoms with Crippen LogP contribution in [0.5, 0.6) is 0 Å². The number of anilines is 3. The maximum atomic E-state index is 14.9. The molecule has 222 valence electrons. The molecule has 2 aromatic heterocycles. The molecule has 1 atom stereocenters. The number of nitrogens with one attached hydrogen (secondary N) is 2. The van der Waals surface area contributed by atoms with Gasteiger partial charge in [0.2, 0.25) is 5.95 Å². The lowest BCUT2D eigenvalue weighted by atomic mass is 10.0. The Balaban J connectivity index is 1.20. The lowest BCUT2D eigenvalue weighted by molar-refractivity contribution is 0.102. The van der Waals surface area contributed by atoms with E-state index in [2.05, 4.69) is 61.4 Å². The van der Waals surface area contributed by atoms with Gasteiger partial charge < -0.3 is 20.6 Å². The highest BCUT2D eigenvalue weighted by Crippen LogP contribution is 2.21. The third-order valence-electron chi connectivity index (χ3n) is 7.39. The number of hydrogen-bond acceptors (Lipinski definition) is 8. The lowest BCUT2D eigenvalue weighted by Crippen LogP contribution is -2.31. The molecule has 3 heterocycles. The second kappa shape index (κ2) is 13.6. The first-order chi connectivity index (χ1) is 20.8. The Morgan fingerprint density at radius 3 is 2.65 bits per heavy atom. The van der Waals surface area contributed by atoms with Gasteiger partial charge in [0.05, 0.1) is 30.6 Å². The fraction of sp³-hybridized carbons (Fsp3) is 0.312. The van der Waals surface area contributed by atoms with E-state index in [-0.39, 0.29) is 18.3 Å². The molecule has 1 saturated heterocycles. The van der Waals surface area contributed by atoms with E-state index < -0.39 is 0 Å². The molecule has 4 aromatic rings. The predicted molar refractivity (Wildman–Crippen MR) is 164 cm³/mol. The minimum Gasteiger partial charge on any atom is -0.394 e. The van der Waals surface area contributed by atoms with Crippen molar-refractivity contribution in [3.05, 3.63) is 94.8 Å². The van der Waals surface area contributed by atoms with E-state index in [0.717, 1.165) is 25.1 Å². The van der Waals surface area contributed by atoms with Gasteiger partial charge in [0.25, 0.3) is 5.91 Å². The van der Waals surface area contributed by atoms with Crippen molar-refractivity contribution < 1.29 is 14.3 Å². The normalized spacial score (nSPS) is 14.9. The molecule has 0 radical (unpaired) electrons. The van der Waals surface area contributed by atoms with E-state index in [4.69, 9.17) is 5.11 Å². The first kappa shape index (κ1) is 29.8. The number of benzene rings is 2. The Labute approximate surface area is 250 Å². The third-order valence-corrected chi connectivity index (χ3v) is 7.39. The number of aromatic nitrogens is 4. The number of aliphatic hydroxyl groups is 1. The van der Waals surface area contributed by atoms with Crippen LogP contribution in [0.3, 0.4) is 0 Å². The molecule has 10 nitrogen and oxygen atoms in total. The molecule has 1 aliphatic heterocycles. The van der Waals surface area contributed by atoms with E-state index in [1.54, 1.807) is 53.7 Å². The fourth-order valence-corrected chi connectivity index (χ4v) is 4.85. The summed E-state index contributed by atoms with van der Waals surface area (Å²) in [6.07, 6.45) is 7.66. The number of carbonyl (C=O) groups excluding carboxylic acids is 1. The first-order valence-corrected chi connectivity index (χ1v) is 14.1. The van der Waals surface area contributed by atoms with Gasteiger partial charge >= 0.3 is 0 Å². The van der Waals surface area contributed by atoms with Gasteiger partial charge in [-0.25, -0.2) is 14.4 Å². The number of hydrogen-bond donors (Lipinski definition) is 3. The molecule has 1 fully saturated rings. The third kappa shape index (κ3) is 7.81. The summed E-state index contributed by atoms with van der Waals surface area (Å²) in [6, 6.07) is 10.6. The van der Waals surface area contributed by atoms with Gasteiger partial charge in [-0.3, -0.25) is 14.4 Å². The minimum absolute atomic E-state index is 0.00298. The van der Waals surface area contributed by atoms with Crippen molar-refractivity contribution in [1.82, 2.24) is 29.5 Å². The summed E-state index contributed by atoms with van der Waals surface area (Å²) >= 11 is 0. The van der Waals surface area contributed by atoms with E-state index in [1.807, 2.05) is 13.0 Å². The van der Waals surface area contributed by atoms with Crippen LogP contribution >= 0.6 is 0 Å². The van der Waals surface area contributed by atoms with Gasteiger partial charge in [-0.1, -0.05) is 24.0 Å². The van der Waals surface area contributed by atoms with Gasteiger partial charge in [0.1, 0.15) is 5.82 Å². The van der Waals surface area contributed by atoms with Crippen molar-refractivity contribution in [2.24, 2.45) is 0 Å². The van der Waals surface area contributed by atoms with E-state index in [1.165, 1.54) is 6.07 Å². The molecule has 1 unspecified atom stereocenters. The molecule has 0 saturated carbocycles. The van der Waals surface area contributed by atoms with E-state index in [9.17, 15) is 9.18 Å². The number of rotatable bonds is 9. The van der Waals surface area contributed by atoms with Crippen molar-refractivity contribution >= 4 is 23.2 Å².